The van der Waals surface area contributed by atoms with Gasteiger partial charge in [0, 0.05) is 32.4 Å². The van der Waals surface area contributed by atoms with Gasteiger partial charge in [-0.05, 0) is 25.0 Å². The molecule has 2 atom stereocenters. The molecule has 174 valence electrons. The zero-order valence-corrected chi connectivity index (χ0v) is 17.3. The van der Waals surface area contributed by atoms with Gasteiger partial charge in [0.15, 0.2) is 0 Å². The number of carboxylic acids is 1. The van der Waals surface area contributed by atoms with Crippen LogP contribution in [0, 0.1) is 0 Å². The first kappa shape index (κ1) is 23.5. The summed E-state index contributed by atoms with van der Waals surface area (Å²) in [6.45, 7) is 1.91. The molecule has 0 radical (unpaired) electrons. The maximum atomic E-state index is 12.7. The molecule has 0 saturated carbocycles. The number of carboxylic acid groups (broad SMARTS) is 1. The van der Waals surface area contributed by atoms with Gasteiger partial charge in [-0.3, -0.25) is 14.5 Å². The molecule has 1 spiro atoms. The lowest BCUT2D eigenvalue weighted by atomic mass is 9.89. The number of aliphatic carboxylic acids is 1. The van der Waals surface area contributed by atoms with Crippen molar-refractivity contribution in [1.29, 1.82) is 0 Å². The third-order valence-corrected chi connectivity index (χ3v) is 5.13. The van der Waals surface area contributed by atoms with E-state index in [4.69, 9.17) is 19.4 Å². The molecule has 12 heteroatoms. The molecule has 2 aliphatic heterocycles. The molecule has 2 aromatic rings. The van der Waals surface area contributed by atoms with E-state index in [0.717, 1.165) is 31.6 Å². The van der Waals surface area contributed by atoms with Gasteiger partial charge in [-0.1, -0.05) is 0 Å². The number of hydrogen-bond acceptors (Lipinski definition) is 6. The second-order valence-electron chi connectivity index (χ2n) is 7.66. The van der Waals surface area contributed by atoms with E-state index >= 15 is 0 Å². The minimum Gasteiger partial charge on any atom is -0.486 e. The average Bonchev–Trinajstić information content (AvgIpc) is 3.34. The molecule has 4 rings (SSSR count). The normalized spacial score (nSPS) is 22.9. The zero-order chi connectivity index (χ0) is 23.4. The predicted octanol–water partition coefficient (Wildman–Crippen LogP) is 2.29. The number of nitrogens with zero attached hydrogens (tertiary/aromatic N) is 4. The summed E-state index contributed by atoms with van der Waals surface area (Å²) in [4.78, 5) is 27.6. The van der Waals surface area contributed by atoms with Crippen molar-refractivity contribution in [3.63, 3.8) is 0 Å². The van der Waals surface area contributed by atoms with Crippen LogP contribution in [-0.4, -0.2) is 74.2 Å². The van der Waals surface area contributed by atoms with E-state index in [1.54, 1.807) is 29.5 Å². The van der Waals surface area contributed by atoms with Crippen LogP contribution in [0.5, 0.6) is 5.75 Å². The van der Waals surface area contributed by atoms with Gasteiger partial charge in [0.25, 0.3) is 5.91 Å². The number of aryl methyl sites for hydroxylation is 1. The zero-order valence-electron chi connectivity index (χ0n) is 17.3. The van der Waals surface area contributed by atoms with Crippen LogP contribution in [0.2, 0.25) is 0 Å². The molecule has 2 aromatic heterocycles. The van der Waals surface area contributed by atoms with Crippen molar-refractivity contribution in [3.8, 4) is 5.75 Å². The topological polar surface area (TPSA) is 107 Å². The number of amides is 1. The van der Waals surface area contributed by atoms with Crippen molar-refractivity contribution in [2.45, 2.75) is 37.1 Å². The first-order valence-corrected chi connectivity index (χ1v) is 9.87. The van der Waals surface area contributed by atoms with Crippen LogP contribution in [0.4, 0.5) is 13.2 Å². The lowest BCUT2D eigenvalue weighted by Crippen LogP contribution is -2.50. The SMILES string of the molecule is Cn1cc(C(=O)N2CCC[C@]3(C[C@H](Oc4cccnc4)CO3)C2)cn1.O=C(O)C(F)(F)F. The number of carbonyl (C=O) groups excluding carboxylic acids is 1. The minimum atomic E-state index is -5.08. The third-order valence-electron chi connectivity index (χ3n) is 5.13. The highest BCUT2D eigenvalue weighted by Crippen LogP contribution is 2.36. The lowest BCUT2D eigenvalue weighted by Gasteiger charge is -2.39. The Morgan fingerprint density at radius 2 is 2.09 bits per heavy atom. The Morgan fingerprint density at radius 3 is 2.69 bits per heavy atom. The number of rotatable bonds is 3. The summed E-state index contributed by atoms with van der Waals surface area (Å²) < 4.78 is 45.5. The number of carbonyl (C=O) groups is 2. The second-order valence-corrected chi connectivity index (χ2v) is 7.66. The van der Waals surface area contributed by atoms with Crippen LogP contribution in [0.15, 0.2) is 36.9 Å². The van der Waals surface area contributed by atoms with Crippen molar-refractivity contribution >= 4 is 11.9 Å². The predicted molar refractivity (Wildman–Crippen MR) is 104 cm³/mol. The van der Waals surface area contributed by atoms with E-state index < -0.39 is 12.1 Å². The highest BCUT2D eigenvalue weighted by Gasteiger charge is 2.45. The summed E-state index contributed by atoms with van der Waals surface area (Å²) in [6.07, 6.45) is 4.41. The van der Waals surface area contributed by atoms with E-state index in [1.165, 1.54) is 0 Å². The number of ether oxygens (including phenoxy) is 2. The van der Waals surface area contributed by atoms with Crippen LogP contribution in [0.1, 0.15) is 29.6 Å². The highest BCUT2D eigenvalue weighted by atomic mass is 19.4. The van der Waals surface area contributed by atoms with Crippen molar-refractivity contribution in [2.24, 2.45) is 7.05 Å². The molecular formula is C20H23F3N4O5. The van der Waals surface area contributed by atoms with Crippen LogP contribution in [-0.2, 0) is 16.6 Å². The number of hydrogen-bond donors (Lipinski definition) is 1. The standard InChI is InChI=1S/C18H22N4O3.C2HF3O2/c1-21-11-14(9-20-21)17(23)22-7-3-5-18(13-22)8-16(12-24-18)25-15-4-2-6-19-10-15;3-2(4,5)1(6)7/h2,4,6,9-11,16H,3,5,7-8,12-13H2,1H3;(H,6,7)/t16-,18-;/m0./s1. The van der Waals surface area contributed by atoms with E-state index in [1.807, 2.05) is 24.1 Å². The summed E-state index contributed by atoms with van der Waals surface area (Å²) in [5, 5.41) is 11.2. The molecular weight excluding hydrogens is 433 g/mol. The van der Waals surface area contributed by atoms with Gasteiger partial charge < -0.3 is 19.5 Å². The summed E-state index contributed by atoms with van der Waals surface area (Å²) >= 11 is 0. The quantitative estimate of drug-likeness (QED) is 0.755. The van der Waals surface area contributed by atoms with Crippen molar-refractivity contribution in [1.82, 2.24) is 19.7 Å². The third kappa shape index (κ3) is 5.96. The number of piperidine rings is 1. The van der Waals surface area contributed by atoms with Gasteiger partial charge in [0.05, 0.1) is 36.7 Å². The molecule has 0 aliphatic carbocycles. The fourth-order valence-electron chi connectivity index (χ4n) is 3.76. The lowest BCUT2D eigenvalue weighted by molar-refractivity contribution is -0.192. The Balaban J connectivity index is 0.000000360. The molecule has 2 aliphatic rings. The molecule has 0 aromatic carbocycles. The summed E-state index contributed by atoms with van der Waals surface area (Å²) in [5.41, 5.74) is 0.323. The monoisotopic (exact) mass is 456 g/mol. The first-order valence-electron chi connectivity index (χ1n) is 9.87. The van der Waals surface area contributed by atoms with Crippen LogP contribution >= 0.6 is 0 Å². The van der Waals surface area contributed by atoms with E-state index in [-0.39, 0.29) is 17.6 Å². The number of pyridine rings is 1. The average molecular weight is 456 g/mol. The van der Waals surface area contributed by atoms with Gasteiger partial charge in [-0.25, -0.2) is 4.79 Å². The molecule has 4 heterocycles. The van der Waals surface area contributed by atoms with E-state index in [0.29, 0.717) is 18.7 Å². The summed E-state index contributed by atoms with van der Waals surface area (Å²) in [5.74, 6) is -1.98. The Morgan fingerprint density at radius 1 is 1.34 bits per heavy atom. The molecule has 1 amide bonds. The van der Waals surface area contributed by atoms with Gasteiger partial charge in [-0.15, -0.1) is 0 Å². The first-order chi connectivity index (χ1) is 15.1. The highest BCUT2D eigenvalue weighted by molar-refractivity contribution is 5.93. The van der Waals surface area contributed by atoms with E-state index in [2.05, 4.69) is 10.1 Å². The fourth-order valence-corrected chi connectivity index (χ4v) is 3.76. The smallest absolute Gasteiger partial charge is 0.486 e. The Kier molecular flexibility index (Phi) is 7.02. The molecule has 2 saturated heterocycles. The van der Waals surface area contributed by atoms with Crippen LogP contribution < -0.4 is 4.74 Å². The number of halogens is 3. The number of alkyl halides is 3. The molecule has 2 fully saturated rings. The van der Waals surface area contributed by atoms with Crippen LogP contribution in [0.3, 0.4) is 0 Å². The molecule has 9 nitrogen and oxygen atoms in total. The number of aromatic nitrogens is 3. The molecule has 0 unspecified atom stereocenters. The van der Waals surface area contributed by atoms with Crippen molar-refractivity contribution in [2.75, 3.05) is 19.7 Å². The van der Waals surface area contributed by atoms with Gasteiger partial charge in [0.1, 0.15) is 11.9 Å². The molecule has 0 bridgehead atoms. The largest absolute Gasteiger partial charge is 0.490 e. The second kappa shape index (κ2) is 9.55. The Hall–Kier alpha value is -3.15. The summed E-state index contributed by atoms with van der Waals surface area (Å²) in [7, 11) is 1.81. The number of likely N-dealkylation sites (tertiary alicyclic amines) is 1. The van der Waals surface area contributed by atoms with Crippen molar-refractivity contribution < 1.29 is 37.3 Å². The van der Waals surface area contributed by atoms with Gasteiger partial charge in [-0.2, -0.15) is 18.3 Å². The van der Waals surface area contributed by atoms with Gasteiger partial charge in [0.2, 0.25) is 0 Å². The minimum absolute atomic E-state index is 0.00218. The van der Waals surface area contributed by atoms with Crippen LogP contribution in [0.25, 0.3) is 0 Å². The van der Waals surface area contributed by atoms with Crippen molar-refractivity contribution in [3.05, 3.63) is 42.5 Å². The molecule has 32 heavy (non-hydrogen) atoms. The maximum absolute atomic E-state index is 12.7. The Labute approximate surface area is 181 Å². The maximum Gasteiger partial charge on any atom is 0.490 e. The Bertz CT molecular complexity index is 937. The fraction of sp³-hybridized carbons (Fsp3) is 0.500. The van der Waals surface area contributed by atoms with Gasteiger partial charge >= 0.3 is 12.1 Å². The summed E-state index contributed by atoms with van der Waals surface area (Å²) in [6, 6.07) is 3.76. The molecule has 1 N–H and O–H groups in total. The van der Waals surface area contributed by atoms with E-state index in [9.17, 15) is 18.0 Å².